The van der Waals surface area contributed by atoms with Gasteiger partial charge in [-0.1, -0.05) is 59.5 Å². The predicted octanol–water partition coefficient (Wildman–Crippen LogP) is 3.86. The molecule has 3 heteroatoms. The third-order valence-electron chi connectivity index (χ3n) is 5.26. The highest BCUT2D eigenvalue weighted by Crippen LogP contribution is 2.37. The van der Waals surface area contributed by atoms with E-state index in [2.05, 4.69) is 45.5 Å². The van der Waals surface area contributed by atoms with Gasteiger partial charge in [-0.05, 0) is 42.2 Å². The molecule has 1 N–H and O–H groups in total. The van der Waals surface area contributed by atoms with Gasteiger partial charge < -0.3 is 5.32 Å². The molecule has 1 aromatic rings. The Morgan fingerprint density at radius 1 is 1.14 bits per heavy atom. The smallest absolute Gasteiger partial charge is 0.223 e. The summed E-state index contributed by atoms with van der Waals surface area (Å²) in [5.74, 6) is 0.385. The Kier molecular flexibility index (Phi) is 4.68. The number of amides is 1. The Balaban J connectivity index is 1.55. The molecule has 1 fully saturated rings. The summed E-state index contributed by atoms with van der Waals surface area (Å²) >= 11 is 3.67. The lowest BCUT2D eigenvalue weighted by Crippen LogP contribution is -2.42. The first-order valence-electron chi connectivity index (χ1n) is 8.13. The van der Waals surface area contributed by atoms with E-state index in [0.29, 0.717) is 5.41 Å². The number of alkyl halides is 1. The van der Waals surface area contributed by atoms with Crippen molar-refractivity contribution < 1.29 is 4.79 Å². The molecular weight excluding hydrogens is 326 g/mol. The van der Waals surface area contributed by atoms with Crippen LogP contribution in [0.3, 0.4) is 0 Å². The van der Waals surface area contributed by atoms with E-state index in [-0.39, 0.29) is 11.8 Å². The monoisotopic (exact) mass is 349 g/mol. The highest BCUT2D eigenvalue weighted by Gasteiger charge is 2.33. The molecule has 0 spiro atoms. The van der Waals surface area contributed by atoms with Crippen molar-refractivity contribution in [2.45, 2.75) is 44.9 Å². The third kappa shape index (κ3) is 3.33. The number of halogens is 1. The van der Waals surface area contributed by atoms with E-state index >= 15 is 0 Å². The van der Waals surface area contributed by atoms with Gasteiger partial charge in [0.2, 0.25) is 5.91 Å². The summed E-state index contributed by atoms with van der Waals surface area (Å²) in [6.45, 7) is 0.837. The molecule has 3 rings (SSSR count). The lowest BCUT2D eigenvalue weighted by molar-refractivity contribution is -0.125. The number of fused-ring (bicyclic) bond motifs is 1. The van der Waals surface area contributed by atoms with Gasteiger partial charge in [0.05, 0.1) is 0 Å². The summed E-state index contributed by atoms with van der Waals surface area (Å²) < 4.78 is 0. The summed E-state index contributed by atoms with van der Waals surface area (Å²) in [5, 5.41) is 4.26. The zero-order chi connectivity index (χ0) is 14.7. The molecule has 2 aliphatic rings. The first-order valence-corrected chi connectivity index (χ1v) is 9.25. The van der Waals surface area contributed by atoms with Crippen molar-refractivity contribution in [2.24, 2.45) is 11.3 Å². The Morgan fingerprint density at radius 3 is 2.33 bits per heavy atom. The maximum absolute atomic E-state index is 12.5. The summed E-state index contributed by atoms with van der Waals surface area (Å²) in [4.78, 5) is 12.5. The maximum atomic E-state index is 12.5. The van der Waals surface area contributed by atoms with Gasteiger partial charge in [0, 0.05) is 17.8 Å². The fraction of sp³-hybridized carbons (Fsp3) is 0.611. The predicted molar refractivity (Wildman–Crippen MR) is 89.7 cm³/mol. The van der Waals surface area contributed by atoms with Crippen LogP contribution in [-0.2, 0) is 17.6 Å². The minimum Gasteiger partial charge on any atom is -0.355 e. The second kappa shape index (κ2) is 6.51. The molecular formula is C18H24BrNO. The number of nitrogens with one attached hydrogen (secondary N) is 1. The van der Waals surface area contributed by atoms with Gasteiger partial charge >= 0.3 is 0 Å². The van der Waals surface area contributed by atoms with Gasteiger partial charge in [0.25, 0.3) is 0 Å². The Morgan fingerprint density at radius 2 is 1.76 bits per heavy atom. The summed E-state index contributed by atoms with van der Waals surface area (Å²) in [6.07, 6.45) is 8.24. The largest absolute Gasteiger partial charge is 0.355 e. The van der Waals surface area contributed by atoms with Crippen LogP contribution in [0.2, 0.25) is 0 Å². The van der Waals surface area contributed by atoms with E-state index in [1.54, 1.807) is 0 Å². The van der Waals surface area contributed by atoms with Gasteiger partial charge in [-0.25, -0.2) is 0 Å². The molecule has 0 saturated heterocycles. The normalized spacial score (nSPS) is 21.0. The number of carbonyl (C=O) groups excluding carboxylic acids is 1. The van der Waals surface area contributed by atoms with Crippen molar-refractivity contribution in [3.05, 3.63) is 35.4 Å². The van der Waals surface area contributed by atoms with Crippen molar-refractivity contribution in [3.8, 4) is 0 Å². The third-order valence-corrected chi connectivity index (χ3v) is 6.45. The first kappa shape index (κ1) is 15.1. The van der Waals surface area contributed by atoms with Crippen molar-refractivity contribution in [3.63, 3.8) is 0 Å². The fourth-order valence-corrected chi connectivity index (χ4v) is 4.58. The highest BCUT2D eigenvalue weighted by atomic mass is 79.9. The number of hydrogen-bond donors (Lipinski definition) is 1. The average molecular weight is 350 g/mol. The van der Waals surface area contributed by atoms with Gasteiger partial charge in [0.1, 0.15) is 0 Å². The molecule has 0 bridgehead atoms. The molecule has 21 heavy (non-hydrogen) atoms. The van der Waals surface area contributed by atoms with Crippen LogP contribution in [0.5, 0.6) is 0 Å². The molecule has 0 aliphatic heterocycles. The molecule has 2 nitrogen and oxygen atoms in total. The van der Waals surface area contributed by atoms with Crippen LogP contribution in [0.15, 0.2) is 24.3 Å². The van der Waals surface area contributed by atoms with Gasteiger partial charge in [-0.2, -0.15) is 0 Å². The SMILES string of the molecule is O=C(NCC1(CBr)CCCCC1)C1Cc2ccccc2C1. The fourth-order valence-electron chi connectivity index (χ4n) is 3.82. The number of rotatable bonds is 4. The van der Waals surface area contributed by atoms with E-state index in [4.69, 9.17) is 0 Å². The summed E-state index contributed by atoms with van der Waals surface area (Å²) in [6, 6.07) is 8.45. The Hall–Kier alpha value is -0.830. The molecule has 1 aromatic carbocycles. The van der Waals surface area contributed by atoms with E-state index in [1.165, 1.54) is 43.2 Å². The zero-order valence-corrected chi connectivity index (χ0v) is 14.1. The minimum atomic E-state index is 0.137. The molecule has 0 aromatic heterocycles. The van der Waals surface area contributed by atoms with Crippen LogP contribution >= 0.6 is 15.9 Å². The molecule has 0 atom stereocenters. The average Bonchev–Trinajstić information content (AvgIpc) is 2.97. The summed E-state index contributed by atoms with van der Waals surface area (Å²) in [5.41, 5.74) is 3.00. The number of benzene rings is 1. The lowest BCUT2D eigenvalue weighted by Gasteiger charge is -2.36. The topological polar surface area (TPSA) is 29.1 Å². The van der Waals surface area contributed by atoms with Gasteiger partial charge in [0.15, 0.2) is 0 Å². The van der Waals surface area contributed by atoms with Crippen molar-refractivity contribution in [1.82, 2.24) is 5.32 Å². The van der Waals surface area contributed by atoms with Crippen molar-refractivity contribution in [1.29, 1.82) is 0 Å². The number of carbonyl (C=O) groups is 1. The molecule has 1 amide bonds. The lowest BCUT2D eigenvalue weighted by atomic mass is 9.75. The second-order valence-electron chi connectivity index (χ2n) is 6.79. The molecule has 0 heterocycles. The van der Waals surface area contributed by atoms with E-state index in [1.807, 2.05) is 0 Å². The van der Waals surface area contributed by atoms with Gasteiger partial charge in [-0.15, -0.1) is 0 Å². The zero-order valence-electron chi connectivity index (χ0n) is 12.5. The molecule has 114 valence electrons. The Labute approximate surface area is 135 Å². The quantitative estimate of drug-likeness (QED) is 0.821. The Bertz CT molecular complexity index is 483. The van der Waals surface area contributed by atoms with Crippen LogP contribution in [0.25, 0.3) is 0 Å². The summed E-state index contributed by atoms with van der Waals surface area (Å²) in [7, 11) is 0. The highest BCUT2D eigenvalue weighted by molar-refractivity contribution is 9.09. The van der Waals surface area contributed by atoms with Gasteiger partial charge in [-0.3, -0.25) is 4.79 Å². The van der Waals surface area contributed by atoms with E-state index in [0.717, 1.165) is 24.7 Å². The number of hydrogen-bond acceptors (Lipinski definition) is 1. The van der Waals surface area contributed by atoms with Crippen molar-refractivity contribution in [2.75, 3.05) is 11.9 Å². The molecule has 1 saturated carbocycles. The minimum absolute atomic E-state index is 0.137. The van der Waals surface area contributed by atoms with Crippen molar-refractivity contribution >= 4 is 21.8 Å². The van der Waals surface area contributed by atoms with Crippen LogP contribution in [-0.4, -0.2) is 17.8 Å². The molecule has 0 unspecified atom stereocenters. The second-order valence-corrected chi connectivity index (χ2v) is 7.35. The first-order chi connectivity index (χ1) is 10.2. The molecule has 2 aliphatic carbocycles. The van der Waals surface area contributed by atoms with Crippen LogP contribution in [0, 0.1) is 11.3 Å². The van der Waals surface area contributed by atoms with Crippen LogP contribution in [0.1, 0.15) is 43.2 Å². The molecule has 0 radical (unpaired) electrons. The van der Waals surface area contributed by atoms with E-state index in [9.17, 15) is 4.79 Å². The standard InChI is InChI=1S/C18H24BrNO/c19-12-18(8-4-1-5-9-18)13-20-17(21)16-10-14-6-2-3-7-15(14)11-16/h2-3,6-7,16H,1,4-5,8-13H2,(H,20,21). The van der Waals surface area contributed by atoms with Crippen LogP contribution < -0.4 is 5.32 Å². The van der Waals surface area contributed by atoms with Crippen LogP contribution in [0.4, 0.5) is 0 Å². The van der Waals surface area contributed by atoms with E-state index < -0.39 is 0 Å². The maximum Gasteiger partial charge on any atom is 0.223 e.